The van der Waals surface area contributed by atoms with Gasteiger partial charge in [0.05, 0.1) is 5.56 Å². The van der Waals surface area contributed by atoms with Crippen molar-refractivity contribution < 1.29 is 4.42 Å². The molecule has 0 radical (unpaired) electrons. The van der Waals surface area contributed by atoms with E-state index in [1.165, 1.54) is 65.5 Å². The summed E-state index contributed by atoms with van der Waals surface area (Å²) in [5.74, 6) is 1.82. The average Bonchev–Trinajstić information content (AvgIpc) is 3.77. The van der Waals surface area contributed by atoms with E-state index in [4.69, 9.17) is 19.4 Å². The minimum Gasteiger partial charge on any atom is -0.455 e. The highest BCUT2D eigenvalue weighted by atomic mass is 16.3. The highest BCUT2D eigenvalue weighted by Crippen LogP contribution is 2.56. The molecule has 2 aromatic heterocycles. The standard InChI is InChI=1S/C51H37N3O/c1-3-14-33(15-4-1)48-52-49(54-50(53-48)43-23-13-22-42-41-21-6-8-25-46(41)55-47(42)43)38-19-12-18-36(31-38)34-16-11-17-35(30-34)37-26-27-40-39-20-5-7-24-44(39)51(45(40)32-37)28-9-2-10-29-51/h1,3-8,11-27,30-32H,2,9-10,28-29H2. The molecule has 11 rings (SSSR count). The molecule has 1 spiro atoms. The summed E-state index contributed by atoms with van der Waals surface area (Å²) in [7, 11) is 0. The normalized spacial score (nSPS) is 14.3. The molecule has 0 amide bonds. The Kier molecular flexibility index (Phi) is 7.38. The van der Waals surface area contributed by atoms with E-state index in [0.29, 0.717) is 17.5 Å². The van der Waals surface area contributed by atoms with Crippen molar-refractivity contribution in [3.63, 3.8) is 0 Å². The van der Waals surface area contributed by atoms with Crippen molar-refractivity contribution in [2.75, 3.05) is 0 Å². The lowest BCUT2D eigenvalue weighted by molar-refractivity contribution is 0.353. The Hall–Kier alpha value is -6.65. The SMILES string of the molecule is c1ccc(-c2nc(-c3cccc(-c4cccc(-c5ccc6c(c5)C5(CCCCC5)c5ccccc5-6)c4)c3)nc(-c3cccc4c3oc3ccccc34)n2)cc1. The number of nitrogens with zero attached hydrogens (tertiary/aromatic N) is 3. The quantitative estimate of drug-likeness (QED) is 0.179. The number of furan rings is 1. The summed E-state index contributed by atoms with van der Waals surface area (Å²) in [5, 5.41) is 2.12. The Labute approximate surface area is 320 Å². The Bertz CT molecular complexity index is 2920. The molecule has 0 aliphatic heterocycles. The Morgan fingerprint density at radius 1 is 0.382 bits per heavy atom. The molecule has 2 aliphatic rings. The molecule has 1 saturated carbocycles. The second-order valence-corrected chi connectivity index (χ2v) is 15.1. The lowest BCUT2D eigenvalue weighted by Gasteiger charge is -2.36. The van der Waals surface area contributed by atoms with Crippen LogP contribution in [0.3, 0.4) is 0 Å². The van der Waals surface area contributed by atoms with E-state index in [9.17, 15) is 0 Å². The van der Waals surface area contributed by atoms with Crippen molar-refractivity contribution in [2.24, 2.45) is 0 Å². The highest BCUT2D eigenvalue weighted by molar-refractivity contribution is 6.09. The van der Waals surface area contributed by atoms with Crippen LogP contribution >= 0.6 is 0 Å². The van der Waals surface area contributed by atoms with E-state index in [-0.39, 0.29) is 5.41 Å². The van der Waals surface area contributed by atoms with Crippen molar-refractivity contribution in [3.05, 3.63) is 175 Å². The van der Waals surface area contributed by atoms with Crippen molar-refractivity contribution in [3.8, 4) is 67.5 Å². The van der Waals surface area contributed by atoms with E-state index in [0.717, 1.165) is 49.8 Å². The topological polar surface area (TPSA) is 51.8 Å². The fourth-order valence-electron chi connectivity index (χ4n) is 9.31. The average molecular weight is 708 g/mol. The molecule has 1 fully saturated rings. The second kappa shape index (κ2) is 12.7. The van der Waals surface area contributed by atoms with Crippen molar-refractivity contribution >= 4 is 21.9 Å². The zero-order valence-electron chi connectivity index (χ0n) is 30.4. The first-order valence-corrected chi connectivity index (χ1v) is 19.4. The first kappa shape index (κ1) is 31.8. The number of aromatic nitrogens is 3. The van der Waals surface area contributed by atoms with Gasteiger partial charge in [-0.05, 0) is 87.7 Å². The molecular formula is C51H37N3O. The third kappa shape index (κ3) is 5.24. The van der Waals surface area contributed by atoms with Gasteiger partial charge in [-0.25, -0.2) is 15.0 Å². The van der Waals surface area contributed by atoms with Crippen LogP contribution < -0.4 is 0 Å². The van der Waals surface area contributed by atoms with Crippen LogP contribution in [0.2, 0.25) is 0 Å². The van der Waals surface area contributed by atoms with Crippen LogP contribution in [0.25, 0.3) is 89.5 Å². The molecule has 7 aromatic carbocycles. The third-order valence-corrected chi connectivity index (χ3v) is 11.9. The van der Waals surface area contributed by atoms with Crippen LogP contribution in [0.4, 0.5) is 0 Å². The molecule has 2 heterocycles. The molecule has 4 nitrogen and oxygen atoms in total. The predicted molar refractivity (Wildman–Crippen MR) is 224 cm³/mol. The smallest absolute Gasteiger partial charge is 0.167 e. The largest absolute Gasteiger partial charge is 0.455 e. The summed E-state index contributed by atoms with van der Waals surface area (Å²) in [6.07, 6.45) is 6.36. The van der Waals surface area contributed by atoms with Crippen LogP contribution in [0.15, 0.2) is 168 Å². The monoisotopic (exact) mass is 707 g/mol. The van der Waals surface area contributed by atoms with Crippen LogP contribution in [0.1, 0.15) is 43.2 Å². The van der Waals surface area contributed by atoms with E-state index in [1.54, 1.807) is 0 Å². The maximum Gasteiger partial charge on any atom is 0.167 e. The number of benzene rings is 7. The fourth-order valence-corrected chi connectivity index (χ4v) is 9.31. The maximum absolute atomic E-state index is 6.43. The van der Waals surface area contributed by atoms with Crippen LogP contribution in [0.5, 0.6) is 0 Å². The zero-order chi connectivity index (χ0) is 36.3. The third-order valence-electron chi connectivity index (χ3n) is 11.9. The van der Waals surface area contributed by atoms with Gasteiger partial charge in [-0.3, -0.25) is 0 Å². The lowest BCUT2D eigenvalue weighted by Crippen LogP contribution is -2.28. The molecule has 9 aromatic rings. The summed E-state index contributed by atoms with van der Waals surface area (Å²) in [6, 6.07) is 58.2. The molecular weight excluding hydrogens is 671 g/mol. The minimum atomic E-state index is 0.129. The summed E-state index contributed by atoms with van der Waals surface area (Å²) >= 11 is 0. The highest BCUT2D eigenvalue weighted by Gasteiger charge is 2.43. The Morgan fingerprint density at radius 3 is 1.76 bits per heavy atom. The van der Waals surface area contributed by atoms with Gasteiger partial charge in [0, 0.05) is 27.3 Å². The summed E-state index contributed by atoms with van der Waals surface area (Å²) in [4.78, 5) is 15.2. The molecule has 262 valence electrons. The summed E-state index contributed by atoms with van der Waals surface area (Å²) in [6.45, 7) is 0. The van der Waals surface area contributed by atoms with Gasteiger partial charge in [0.15, 0.2) is 17.5 Å². The molecule has 4 heteroatoms. The van der Waals surface area contributed by atoms with Crippen molar-refractivity contribution in [2.45, 2.75) is 37.5 Å². The van der Waals surface area contributed by atoms with Gasteiger partial charge in [0.1, 0.15) is 11.2 Å². The number of rotatable bonds is 5. The second-order valence-electron chi connectivity index (χ2n) is 15.1. The van der Waals surface area contributed by atoms with Gasteiger partial charge in [-0.1, -0.05) is 153 Å². The molecule has 55 heavy (non-hydrogen) atoms. The molecule has 0 saturated heterocycles. The van der Waals surface area contributed by atoms with Gasteiger partial charge in [0.2, 0.25) is 0 Å². The molecule has 2 aliphatic carbocycles. The van der Waals surface area contributed by atoms with Gasteiger partial charge >= 0.3 is 0 Å². The summed E-state index contributed by atoms with van der Waals surface area (Å²) in [5.41, 5.74) is 15.1. The maximum atomic E-state index is 6.43. The zero-order valence-corrected chi connectivity index (χ0v) is 30.4. The van der Waals surface area contributed by atoms with Gasteiger partial charge in [0.25, 0.3) is 0 Å². The van der Waals surface area contributed by atoms with Gasteiger partial charge in [-0.2, -0.15) is 0 Å². The molecule has 0 unspecified atom stereocenters. The van der Waals surface area contributed by atoms with E-state index < -0.39 is 0 Å². The van der Waals surface area contributed by atoms with E-state index in [1.807, 2.05) is 60.7 Å². The van der Waals surface area contributed by atoms with Crippen molar-refractivity contribution in [1.29, 1.82) is 0 Å². The Morgan fingerprint density at radius 2 is 0.945 bits per heavy atom. The fraction of sp³-hybridized carbons (Fsp3) is 0.118. The van der Waals surface area contributed by atoms with Crippen LogP contribution in [-0.2, 0) is 5.41 Å². The summed E-state index contributed by atoms with van der Waals surface area (Å²) < 4.78 is 6.43. The Balaban J connectivity index is 1.00. The number of para-hydroxylation sites is 2. The van der Waals surface area contributed by atoms with Crippen LogP contribution in [-0.4, -0.2) is 15.0 Å². The van der Waals surface area contributed by atoms with Crippen molar-refractivity contribution in [1.82, 2.24) is 15.0 Å². The van der Waals surface area contributed by atoms with Gasteiger partial charge in [-0.15, -0.1) is 0 Å². The minimum absolute atomic E-state index is 0.129. The number of hydrogen-bond donors (Lipinski definition) is 0. The van der Waals surface area contributed by atoms with E-state index in [2.05, 4.69) is 103 Å². The van der Waals surface area contributed by atoms with E-state index >= 15 is 0 Å². The molecule has 0 bridgehead atoms. The number of hydrogen-bond acceptors (Lipinski definition) is 4. The first-order chi connectivity index (χ1) is 27.2. The van der Waals surface area contributed by atoms with Gasteiger partial charge < -0.3 is 4.42 Å². The lowest BCUT2D eigenvalue weighted by atomic mass is 9.67. The van der Waals surface area contributed by atoms with Crippen LogP contribution in [0, 0.1) is 0 Å². The predicted octanol–water partition coefficient (Wildman–Crippen LogP) is 13.3. The number of fused-ring (bicyclic) bond motifs is 8. The molecule has 0 atom stereocenters. The molecule has 0 N–H and O–H groups in total. The first-order valence-electron chi connectivity index (χ1n) is 19.4.